The molecule has 0 N–H and O–H groups in total. The quantitative estimate of drug-likeness (QED) is 0.103. The summed E-state index contributed by atoms with van der Waals surface area (Å²) in [5, 5.41) is 0. The Balaban J connectivity index is 1.38. The average Bonchev–Trinajstić information content (AvgIpc) is 2.90. The lowest BCUT2D eigenvalue weighted by Gasteiger charge is -2.24. The smallest absolute Gasteiger partial charge is 0.195 e. The van der Waals surface area contributed by atoms with Crippen LogP contribution in [-0.4, -0.2) is 16.4 Å². The summed E-state index contributed by atoms with van der Waals surface area (Å²) >= 11 is 7.79. The van der Waals surface area contributed by atoms with Crippen LogP contribution in [0, 0.1) is 0 Å². The van der Waals surface area contributed by atoms with E-state index in [9.17, 15) is 4.79 Å². The molecule has 1 aliphatic rings. The van der Waals surface area contributed by atoms with Gasteiger partial charge in [-0.2, -0.15) is 0 Å². The van der Waals surface area contributed by atoms with Crippen molar-refractivity contribution in [1.29, 1.82) is 0 Å². The molecule has 0 saturated carbocycles. The molecule has 3 aromatic rings. The predicted molar refractivity (Wildman–Crippen MR) is 155 cm³/mol. The number of thiocarbonyl (C=S) groups is 1. The van der Waals surface area contributed by atoms with Crippen LogP contribution in [0.5, 0.6) is 0 Å². The first-order valence-corrected chi connectivity index (χ1v) is 14.7. The number of benzene rings is 3. The highest BCUT2D eigenvalue weighted by atomic mass is 32.2. The van der Waals surface area contributed by atoms with Gasteiger partial charge in [0.1, 0.15) is 0 Å². The van der Waals surface area contributed by atoms with Gasteiger partial charge in [0.15, 0.2) is 5.78 Å². The molecule has 0 fully saturated rings. The molecule has 0 radical (unpaired) electrons. The summed E-state index contributed by atoms with van der Waals surface area (Å²) in [7, 11) is 0. The van der Waals surface area contributed by atoms with Gasteiger partial charge in [0.25, 0.3) is 0 Å². The molecule has 35 heavy (non-hydrogen) atoms. The van der Waals surface area contributed by atoms with Gasteiger partial charge >= 0.3 is 0 Å². The molecule has 0 bridgehead atoms. The molecule has 0 aromatic heterocycles. The normalized spacial score (nSPS) is 12.5. The zero-order valence-electron chi connectivity index (χ0n) is 20.9. The van der Waals surface area contributed by atoms with E-state index < -0.39 is 0 Å². The fraction of sp³-hybridized carbons (Fsp3) is 0.375. The van der Waals surface area contributed by atoms with Crippen molar-refractivity contribution in [1.82, 2.24) is 0 Å². The summed E-state index contributed by atoms with van der Waals surface area (Å²) < 4.78 is 0. The highest BCUT2D eigenvalue weighted by molar-refractivity contribution is 7.99. The summed E-state index contributed by atoms with van der Waals surface area (Å²) in [5.41, 5.74) is 5.48. The average molecular weight is 501 g/mol. The van der Waals surface area contributed by atoms with E-state index in [4.69, 9.17) is 12.2 Å². The Kier molecular flexibility index (Phi) is 9.74. The van der Waals surface area contributed by atoms with Crippen molar-refractivity contribution in [2.45, 2.75) is 76.0 Å². The Labute approximate surface area is 220 Å². The Bertz CT molecular complexity index is 1150. The Morgan fingerprint density at radius 3 is 1.94 bits per heavy atom. The minimum absolute atomic E-state index is 0.104. The number of carbonyl (C=O) groups excluding carboxylic acids is 1. The lowest BCUT2D eigenvalue weighted by Crippen LogP contribution is -2.22. The van der Waals surface area contributed by atoms with Crippen molar-refractivity contribution in [3.63, 3.8) is 0 Å². The van der Waals surface area contributed by atoms with Gasteiger partial charge in [0.05, 0.1) is 4.86 Å². The molecule has 0 aliphatic heterocycles. The fourth-order valence-electron chi connectivity index (χ4n) is 4.96. The molecule has 182 valence electrons. The van der Waals surface area contributed by atoms with Crippen molar-refractivity contribution < 1.29 is 4.79 Å². The molecule has 0 unspecified atom stereocenters. The van der Waals surface area contributed by atoms with E-state index in [0.29, 0.717) is 0 Å². The lowest BCUT2D eigenvalue weighted by atomic mass is 9.81. The number of rotatable bonds is 13. The van der Waals surface area contributed by atoms with Crippen LogP contribution < -0.4 is 0 Å². The summed E-state index contributed by atoms with van der Waals surface area (Å²) in [4.78, 5) is 15.5. The third-order valence-corrected chi connectivity index (χ3v) is 8.44. The maximum atomic E-state index is 13.7. The first-order valence-electron chi connectivity index (χ1n) is 13.3. The second kappa shape index (κ2) is 13.2. The number of unbranched alkanes of at least 4 members (excludes halogenated alkanes) is 9. The molecule has 0 spiro atoms. The Morgan fingerprint density at radius 2 is 1.23 bits per heavy atom. The highest BCUT2D eigenvalue weighted by Gasteiger charge is 2.31. The zero-order valence-corrected chi connectivity index (χ0v) is 22.5. The number of hydrogen-bond acceptors (Lipinski definition) is 3. The second-order valence-electron chi connectivity index (χ2n) is 9.46. The lowest BCUT2D eigenvalue weighted by molar-refractivity contribution is 0.103. The highest BCUT2D eigenvalue weighted by Crippen LogP contribution is 2.38. The van der Waals surface area contributed by atoms with Gasteiger partial charge in [-0.15, -0.1) is 11.8 Å². The van der Waals surface area contributed by atoms with E-state index >= 15 is 0 Å². The van der Waals surface area contributed by atoms with Crippen LogP contribution in [-0.2, 0) is 0 Å². The first-order chi connectivity index (χ1) is 17.2. The number of ketones is 1. The molecule has 0 amide bonds. The van der Waals surface area contributed by atoms with E-state index in [1.54, 1.807) is 0 Å². The fourth-order valence-corrected chi connectivity index (χ4v) is 6.44. The van der Waals surface area contributed by atoms with Gasteiger partial charge in [0.2, 0.25) is 0 Å². The molecule has 1 aliphatic carbocycles. The van der Waals surface area contributed by atoms with Crippen molar-refractivity contribution in [3.8, 4) is 11.1 Å². The number of carbonyl (C=O) groups is 1. The molecule has 0 atom stereocenters. The molecule has 3 heteroatoms. The minimum Gasteiger partial charge on any atom is -0.289 e. The van der Waals surface area contributed by atoms with Gasteiger partial charge < -0.3 is 0 Å². The number of fused-ring (bicyclic) bond motifs is 2. The van der Waals surface area contributed by atoms with Gasteiger partial charge in [0, 0.05) is 27.1 Å². The van der Waals surface area contributed by atoms with Gasteiger partial charge in [-0.25, -0.2) is 0 Å². The van der Waals surface area contributed by atoms with Crippen LogP contribution in [0.4, 0.5) is 0 Å². The second-order valence-corrected chi connectivity index (χ2v) is 11.0. The molecular weight excluding hydrogens is 464 g/mol. The first kappa shape index (κ1) is 25.9. The SMILES string of the molecule is CCCCCCCCCCCCSc1cccc2c1C(=O)c1cccc(-c3ccccc3)c1C2=S. The van der Waals surface area contributed by atoms with E-state index in [2.05, 4.69) is 37.3 Å². The van der Waals surface area contributed by atoms with Crippen LogP contribution in [0.25, 0.3) is 11.1 Å². The van der Waals surface area contributed by atoms with Crippen LogP contribution in [0.2, 0.25) is 0 Å². The molecule has 1 nitrogen and oxygen atoms in total. The van der Waals surface area contributed by atoms with Crippen molar-refractivity contribution in [2.24, 2.45) is 0 Å². The third kappa shape index (κ3) is 6.32. The van der Waals surface area contributed by atoms with E-state index in [1.807, 2.05) is 48.2 Å². The van der Waals surface area contributed by atoms with Gasteiger partial charge in [-0.3, -0.25) is 4.79 Å². The Hall–Kier alpha value is -2.23. The molecule has 4 rings (SSSR count). The van der Waals surface area contributed by atoms with Crippen LogP contribution in [0.15, 0.2) is 71.6 Å². The standard InChI is InChI=1S/C32H36OS2/c1-2-3-4-5-6-7-8-9-10-14-23-35-28-22-16-21-27-30(28)31(33)26-20-15-19-25(29(26)32(27)34)24-17-12-11-13-18-24/h11-13,15-22H,2-10,14,23H2,1H3. The van der Waals surface area contributed by atoms with E-state index in [1.165, 1.54) is 64.2 Å². The summed E-state index contributed by atoms with van der Waals surface area (Å²) in [6, 6.07) is 22.4. The van der Waals surface area contributed by atoms with E-state index in [0.717, 1.165) is 48.9 Å². The third-order valence-electron chi connectivity index (χ3n) is 6.87. The summed E-state index contributed by atoms with van der Waals surface area (Å²) in [6.45, 7) is 2.27. The molecular formula is C32H36OS2. The zero-order chi connectivity index (χ0) is 24.5. The van der Waals surface area contributed by atoms with Gasteiger partial charge in [-0.1, -0.05) is 138 Å². The molecule has 0 saturated heterocycles. The van der Waals surface area contributed by atoms with Crippen LogP contribution in [0.3, 0.4) is 0 Å². The maximum absolute atomic E-state index is 13.7. The summed E-state index contributed by atoms with van der Waals surface area (Å²) in [5.74, 6) is 1.15. The van der Waals surface area contributed by atoms with Crippen molar-refractivity contribution in [2.75, 3.05) is 5.75 Å². The van der Waals surface area contributed by atoms with Crippen molar-refractivity contribution in [3.05, 3.63) is 89.0 Å². The predicted octanol–water partition coefficient (Wildman–Crippen LogP) is 9.68. The van der Waals surface area contributed by atoms with Crippen LogP contribution >= 0.6 is 24.0 Å². The molecule has 3 aromatic carbocycles. The molecule has 0 heterocycles. The van der Waals surface area contributed by atoms with Crippen LogP contribution in [0.1, 0.15) is 98.2 Å². The summed E-state index contributed by atoms with van der Waals surface area (Å²) in [6.07, 6.45) is 13.4. The maximum Gasteiger partial charge on any atom is 0.195 e. The van der Waals surface area contributed by atoms with E-state index in [-0.39, 0.29) is 5.78 Å². The number of thioether (sulfide) groups is 1. The monoisotopic (exact) mass is 500 g/mol. The Morgan fingerprint density at radius 1 is 0.629 bits per heavy atom. The number of hydrogen-bond donors (Lipinski definition) is 0. The minimum atomic E-state index is 0.104. The largest absolute Gasteiger partial charge is 0.289 e. The topological polar surface area (TPSA) is 17.1 Å². The van der Waals surface area contributed by atoms with Crippen molar-refractivity contribution >= 4 is 34.6 Å². The van der Waals surface area contributed by atoms with Gasteiger partial charge in [-0.05, 0) is 29.4 Å².